The van der Waals surface area contributed by atoms with Crippen molar-refractivity contribution in [1.29, 1.82) is 0 Å². The number of fused-ring (bicyclic) bond motifs is 1. The maximum absolute atomic E-state index is 14.4. The zero-order valence-corrected chi connectivity index (χ0v) is 16.0. The van der Waals surface area contributed by atoms with Gasteiger partial charge in [0.2, 0.25) is 5.56 Å². The number of halogens is 1. The first-order chi connectivity index (χ1) is 13.6. The lowest BCUT2D eigenvalue weighted by Gasteiger charge is -2.29. The third-order valence-electron chi connectivity index (χ3n) is 4.60. The van der Waals surface area contributed by atoms with Gasteiger partial charge in [0, 0.05) is 17.8 Å². The lowest BCUT2D eigenvalue weighted by atomic mass is 10.1. The maximum atomic E-state index is 14.4. The second-order valence-electron chi connectivity index (χ2n) is 6.40. The van der Waals surface area contributed by atoms with Crippen LogP contribution in [0.3, 0.4) is 0 Å². The van der Waals surface area contributed by atoms with Crippen LogP contribution in [0.2, 0.25) is 0 Å². The van der Waals surface area contributed by atoms with Crippen molar-refractivity contribution in [3.05, 3.63) is 81.4 Å². The summed E-state index contributed by atoms with van der Waals surface area (Å²) in [7, 11) is 0. The number of nitrogens with two attached hydrogens (primary N) is 1. The topological polar surface area (TPSA) is 68.7 Å². The molecule has 1 aromatic heterocycles. The van der Waals surface area contributed by atoms with Gasteiger partial charge in [-0.25, -0.2) is 9.18 Å². The molecule has 0 spiro atoms. The Balaban J connectivity index is 1.66. The highest BCUT2D eigenvalue weighted by molar-refractivity contribution is 8.02. The largest absolute Gasteiger partial charge is 0.460 e. The Kier molecular flexibility index (Phi) is 5.00. The number of allylic oxidation sites excluding steroid dienone is 1. The monoisotopic (exact) mass is 398 g/mol. The van der Waals surface area contributed by atoms with Gasteiger partial charge in [-0.1, -0.05) is 43.0 Å². The summed E-state index contributed by atoms with van der Waals surface area (Å²) in [5.41, 5.74) is 6.91. The average Bonchev–Trinajstić information content (AvgIpc) is 3.06. The number of rotatable bonds is 5. The van der Waals surface area contributed by atoms with Crippen molar-refractivity contribution in [3.8, 4) is 5.75 Å². The SMILES string of the molecule is CCC1=CSC(Oc2cc(=O)oc3ccccc23)N1Cc1cccc(N)c1F. The molecule has 5 nitrogen and oxygen atoms in total. The number of nitrogens with zero attached hydrogens (tertiary/aromatic N) is 1. The summed E-state index contributed by atoms with van der Waals surface area (Å²) >= 11 is 1.48. The molecule has 0 radical (unpaired) electrons. The van der Waals surface area contributed by atoms with Gasteiger partial charge in [-0.2, -0.15) is 0 Å². The van der Waals surface area contributed by atoms with E-state index in [1.165, 1.54) is 23.9 Å². The number of thioether (sulfide) groups is 1. The molecular formula is C21H19FN2O3S. The molecule has 2 N–H and O–H groups in total. The van der Waals surface area contributed by atoms with Crippen LogP contribution in [0.5, 0.6) is 5.75 Å². The van der Waals surface area contributed by atoms with Crippen molar-refractivity contribution in [2.45, 2.75) is 25.4 Å². The molecule has 1 atom stereocenters. The van der Waals surface area contributed by atoms with Gasteiger partial charge in [0.25, 0.3) is 0 Å². The molecule has 1 aliphatic rings. The van der Waals surface area contributed by atoms with Gasteiger partial charge in [0.1, 0.15) is 11.3 Å². The van der Waals surface area contributed by atoms with Crippen molar-refractivity contribution in [2.24, 2.45) is 0 Å². The molecule has 1 aliphatic heterocycles. The molecule has 0 saturated heterocycles. The minimum absolute atomic E-state index is 0.121. The smallest absolute Gasteiger partial charge is 0.339 e. The highest BCUT2D eigenvalue weighted by Gasteiger charge is 2.29. The van der Waals surface area contributed by atoms with Gasteiger partial charge in [-0.05, 0) is 30.0 Å². The zero-order valence-electron chi connectivity index (χ0n) is 15.2. The molecule has 0 aliphatic carbocycles. The average molecular weight is 398 g/mol. The lowest BCUT2D eigenvalue weighted by molar-refractivity contribution is 0.124. The van der Waals surface area contributed by atoms with Gasteiger partial charge in [0.05, 0.1) is 17.1 Å². The van der Waals surface area contributed by atoms with E-state index < -0.39 is 17.0 Å². The number of nitrogen functional groups attached to an aromatic ring is 1. The number of benzene rings is 2. The molecule has 4 rings (SSSR count). The van der Waals surface area contributed by atoms with Crippen LogP contribution in [0, 0.1) is 5.82 Å². The summed E-state index contributed by atoms with van der Waals surface area (Å²) in [5.74, 6) is 0.0209. The predicted octanol–water partition coefficient (Wildman–Crippen LogP) is 4.68. The van der Waals surface area contributed by atoms with Gasteiger partial charge in [-0.3, -0.25) is 0 Å². The van der Waals surface area contributed by atoms with Gasteiger partial charge < -0.3 is 19.8 Å². The fourth-order valence-electron chi connectivity index (χ4n) is 3.16. The van der Waals surface area contributed by atoms with Crippen molar-refractivity contribution in [3.63, 3.8) is 0 Å². The molecule has 144 valence electrons. The van der Waals surface area contributed by atoms with Crippen LogP contribution in [0.15, 0.2) is 68.8 Å². The van der Waals surface area contributed by atoms with Gasteiger partial charge >= 0.3 is 5.63 Å². The highest BCUT2D eigenvalue weighted by atomic mass is 32.2. The second-order valence-corrected chi connectivity index (χ2v) is 7.31. The summed E-state index contributed by atoms with van der Waals surface area (Å²) in [4.78, 5) is 13.9. The van der Waals surface area contributed by atoms with E-state index in [1.54, 1.807) is 24.3 Å². The fraction of sp³-hybridized carbons (Fsp3) is 0.190. The molecule has 7 heteroatoms. The number of para-hydroxylation sites is 1. The Morgan fingerprint density at radius 3 is 2.89 bits per heavy atom. The Morgan fingerprint density at radius 2 is 2.07 bits per heavy atom. The van der Waals surface area contributed by atoms with E-state index in [2.05, 4.69) is 0 Å². The Hall–Kier alpha value is -2.93. The Labute approximate surface area is 165 Å². The van der Waals surface area contributed by atoms with Crippen molar-refractivity contribution >= 4 is 28.4 Å². The van der Waals surface area contributed by atoms with E-state index in [0.29, 0.717) is 28.8 Å². The summed E-state index contributed by atoms with van der Waals surface area (Å²) < 4.78 is 25.8. The first-order valence-electron chi connectivity index (χ1n) is 8.90. The van der Waals surface area contributed by atoms with E-state index in [9.17, 15) is 9.18 Å². The number of ether oxygens (including phenoxy) is 1. The van der Waals surface area contributed by atoms with E-state index in [1.807, 2.05) is 29.4 Å². The van der Waals surface area contributed by atoms with Gasteiger partial charge in [0.15, 0.2) is 5.82 Å². The third kappa shape index (κ3) is 3.45. The van der Waals surface area contributed by atoms with E-state index in [4.69, 9.17) is 14.9 Å². The van der Waals surface area contributed by atoms with Crippen LogP contribution in [0.4, 0.5) is 10.1 Å². The minimum atomic E-state index is -0.478. The third-order valence-corrected chi connectivity index (χ3v) is 5.59. The molecular weight excluding hydrogens is 379 g/mol. The first-order valence-corrected chi connectivity index (χ1v) is 9.84. The second kappa shape index (κ2) is 7.59. The van der Waals surface area contributed by atoms with E-state index in [-0.39, 0.29) is 5.69 Å². The molecule has 0 fully saturated rings. The number of hydrogen-bond acceptors (Lipinski definition) is 6. The van der Waals surface area contributed by atoms with Crippen molar-refractivity contribution in [2.75, 3.05) is 5.73 Å². The minimum Gasteiger partial charge on any atom is -0.460 e. The van der Waals surface area contributed by atoms with Crippen LogP contribution < -0.4 is 16.1 Å². The summed E-state index contributed by atoms with van der Waals surface area (Å²) in [6, 6.07) is 13.5. The van der Waals surface area contributed by atoms with Crippen molar-refractivity contribution < 1.29 is 13.5 Å². The first kappa shape index (κ1) is 18.4. The maximum Gasteiger partial charge on any atom is 0.339 e. The number of anilines is 1. The highest BCUT2D eigenvalue weighted by Crippen LogP contribution is 2.37. The molecule has 1 unspecified atom stereocenters. The standard InChI is InChI=1S/C21H19FN2O3S/c1-2-14-12-28-21(24(14)11-13-6-5-8-16(23)20(13)22)27-18-10-19(25)26-17-9-4-3-7-15(17)18/h3-10,12,21H,2,11,23H2,1H3. The molecule has 0 bridgehead atoms. The fourth-order valence-corrected chi connectivity index (χ4v) is 4.25. The quantitative estimate of drug-likeness (QED) is 0.497. The molecule has 2 aromatic carbocycles. The van der Waals surface area contributed by atoms with Crippen molar-refractivity contribution in [1.82, 2.24) is 4.90 Å². The summed E-state index contributed by atoms with van der Waals surface area (Å²) in [5, 5.41) is 2.71. The van der Waals surface area contributed by atoms with Crippen LogP contribution in [-0.4, -0.2) is 10.5 Å². The van der Waals surface area contributed by atoms with Crippen LogP contribution in [0.25, 0.3) is 11.0 Å². The van der Waals surface area contributed by atoms with E-state index >= 15 is 0 Å². The number of hydrogen-bond donors (Lipinski definition) is 1. The molecule has 3 aromatic rings. The van der Waals surface area contributed by atoms with Crippen LogP contribution in [0.1, 0.15) is 18.9 Å². The Morgan fingerprint density at radius 1 is 1.25 bits per heavy atom. The lowest BCUT2D eigenvalue weighted by Crippen LogP contribution is -2.33. The zero-order chi connectivity index (χ0) is 19.7. The van der Waals surface area contributed by atoms with Crippen LogP contribution in [-0.2, 0) is 6.54 Å². The molecule has 28 heavy (non-hydrogen) atoms. The molecule has 0 saturated carbocycles. The predicted molar refractivity (Wildman–Crippen MR) is 109 cm³/mol. The molecule has 0 amide bonds. The van der Waals surface area contributed by atoms with E-state index in [0.717, 1.165) is 12.1 Å². The van der Waals surface area contributed by atoms with Gasteiger partial charge in [-0.15, -0.1) is 0 Å². The summed E-state index contributed by atoms with van der Waals surface area (Å²) in [6.07, 6.45) is 0.772. The van der Waals surface area contributed by atoms with Crippen LogP contribution >= 0.6 is 11.8 Å². The molecule has 2 heterocycles. The Bertz CT molecular complexity index is 1110. The normalized spacial score (nSPS) is 16.4. The summed E-state index contributed by atoms with van der Waals surface area (Å²) in [6.45, 7) is 2.34.